The van der Waals surface area contributed by atoms with E-state index in [0.717, 1.165) is 5.69 Å². The van der Waals surface area contributed by atoms with Gasteiger partial charge in [-0.2, -0.15) is 13.2 Å². The van der Waals surface area contributed by atoms with Gasteiger partial charge in [0, 0.05) is 29.4 Å². The van der Waals surface area contributed by atoms with Crippen LogP contribution in [0, 0.1) is 23.0 Å². The molecule has 0 bridgehead atoms. The number of rotatable bonds is 5. The Labute approximate surface area is 154 Å². The van der Waals surface area contributed by atoms with Crippen molar-refractivity contribution in [3.05, 3.63) is 40.1 Å². The zero-order valence-electron chi connectivity index (χ0n) is 14.9. The third kappa shape index (κ3) is 4.85. The Balaban J connectivity index is 1.68. The van der Waals surface area contributed by atoms with E-state index in [1.165, 1.54) is 11.0 Å². The van der Waals surface area contributed by atoms with Gasteiger partial charge in [0.1, 0.15) is 0 Å². The lowest BCUT2D eigenvalue weighted by Crippen LogP contribution is -2.41. The van der Waals surface area contributed by atoms with Crippen LogP contribution in [-0.4, -0.2) is 47.2 Å². The summed E-state index contributed by atoms with van der Waals surface area (Å²) in [6.45, 7) is 2.38. The lowest BCUT2D eigenvalue weighted by Gasteiger charge is -2.32. The van der Waals surface area contributed by atoms with Crippen molar-refractivity contribution in [2.45, 2.75) is 25.9 Å². The molecule has 146 valence electrons. The van der Waals surface area contributed by atoms with Crippen LogP contribution in [0.1, 0.15) is 18.5 Å². The minimum atomic E-state index is -4.16. The first-order valence-corrected chi connectivity index (χ1v) is 8.80. The number of non-ortho nitro benzene ring substituents is 1. The van der Waals surface area contributed by atoms with Gasteiger partial charge in [0.05, 0.1) is 11.5 Å². The molecule has 1 aliphatic heterocycles. The number of fused-ring (bicyclic) bond motifs is 1. The van der Waals surface area contributed by atoms with Gasteiger partial charge in [-0.1, -0.05) is 12.1 Å². The zero-order valence-corrected chi connectivity index (χ0v) is 14.9. The lowest BCUT2D eigenvalue weighted by atomic mass is 9.96. The standard InChI is InChI=1S/C18H21F3N4O2/c1-12-9-15(14-3-2-4-16(25(26)27)17(14)23-12)22-10-13-5-7-24(8-6-13)11-18(19,20)21/h2-4,9,13H,5-8,10-11H2,1H3,(H,22,23). The summed E-state index contributed by atoms with van der Waals surface area (Å²) in [5, 5.41) is 15.2. The molecular formula is C18H21F3N4O2. The number of alkyl halides is 3. The molecule has 2 heterocycles. The number of nitrogens with one attached hydrogen (secondary N) is 1. The average Bonchev–Trinajstić information content (AvgIpc) is 2.58. The third-order valence-electron chi connectivity index (χ3n) is 4.83. The quantitative estimate of drug-likeness (QED) is 0.622. The molecule has 1 aliphatic rings. The second-order valence-electron chi connectivity index (χ2n) is 6.96. The molecule has 0 saturated carbocycles. The minimum Gasteiger partial charge on any atom is -0.384 e. The highest BCUT2D eigenvalue weighted by Crippen LogP contribution is 2.30. The van der Waals surface area contributed by atoms with Gasteiger partial charge in [-0.05, 0) is 44.8 Å². The Morgan fingerprint density at radius 3 is 2.67 bits per heavy atom. The largest absolute Gasteiger partial charge is 0.401 e. The van der Waals surface area contributed by atoms with E-state index in [1.807, 2.05) is 6.07 Å². The molecule has 1 saturated heterocycles. The topological polar surface area (TPSA) is 71.3 Å². The number of pyridine rings is 1. The number of benzene rings is 1. The van der Waals surface area contributed by atoms with E-state index in [0.29, 0.717) is 49.1 Å². The minimum absolute atomic E-state index is 0.0419. The van der Waals surface area contributed by atoms with Crippen molar-refractivity contribution in [3.63, 3.8) is 0 Å². The second-order valence-corrected chi connectivity index (χ2v) is 6.96. The van der Waals surface area contributed by atoms with E-state index in [2.05, 4.69) is 10.3 Å². The van der Waals surface area contributed by atoms with Crippen LogP contribution in [0.2, 0.25) is 0 Å². The first-order valence-electron chi connectivity index (χ1n) is 8.80. The number of anilines is 1. The molecule has 0 amide bonds. The second kappa shape index (κ2) is 7.67. The fraction of sp³-hybridized carbons (Fsp3) is 0.500. The van der Waals surface area contributed by atoms with E-state index in [1.54, 1.807) is 19.1 Å². The number of hydrogen-bond acceptors (Lipinski definition) is 5. The van der Waals surface area contributed by atoms with Crippen molar-refractivity contribution in [1.82, 2.24) is 9.88 Å². The maximum absolute atomic E-state index is 12.5. The highest BCUT2D eigenvalue weighted by atomic mass is 19.4. The predicted molar refractivity (Wildman–Crippen MR) is 96.8 cm³/mol. The molecule has 27 heavy (non-hydrogen) atoms. The molecule has 0 atom stereocenters. The summed E-state index contributed by atoms with van der Waals surface area (Å²) < 4.78 is 37.4. The van der Waals surface area contributed by atoms with Gasteiger partial charge in [0.25, 0.3) is 5.69 Å². The molecule has 1 fully saturated rings. The number of aromatic nitrogens is 1. The number of nitro benzene ring substituents is 1. The van der Waals surface area contributed by atoms with E-state index < -0.39 is 17.6 Å². The number of nitrogens with zero attached hydrogens (tertiary/aromatic N) is 3. The van der Waals surface area contributed by atoms with Crippen molar-refractivity contribution in [3.8, 4) is 0 Å². The molecule has 0 unspecified atom stereocenters. The van der Waals surface area contributed by atoms with Crippen molar-refractivity contribution in [1.29, 1.82) is 0 Å². The smallest absolute Gasteiger partial charge is 0.384 e. The first kappa shape index (κ1) is 19.3. The van der Waals surface area contributed by atoms with Crippen LogP contribution in [0.15, 0.2) is 24.3 Å². The predicted octanol–water partition coefficient (Wildman–Crippen LogP) is 4.14. The van der Waals surface area contributed by atoms with Crippen molar-refractivity contribution < 1.29 is 18.1 Å². The molecule has 2 aromatic rings. The Hall–Kier alpha value is -2.42. The fourth-order valence-corrected chi connectivity index (χ4v) is 3.51. The van der Waals surface area contributed by atoms with E-state index in [4.69, 9.17) is 0 Å². The Morgan fingerprint density at radius 2 is 2.04 bits per heavy atom. The first-order chi connectivity index (χ1) is 12.7. The molecule has 9 heteroatoms. The number of nitro groups is 1. The molecule has 3 rings (SSSR count). The van der Waals surface area contributed by atoms with E-state index in [9.17, 15) is 23.3 Å². The number of aryl methyl sites for hydroxylation is 1. The monoisotopic (exact) mass is 382 g/mol. The zero-order chi connectivity index (χ0) is 19.6. The molecule has 1 aromatic carbocycles. The summed E-state index contributed by atoms with van der Waals surface area (Å²) in [7, 11) is 0. The van der Waals surface area contributed by atoms with Crippen molar-refractivity contribution >= 4 is 22.3 Å². The van der Waals surface area contributed by atoms with Gasteiger partial charge in [0.15, 0.2) is 5.52 Å². The van der Waals surface area contributed by atoms with Crippen molar-refractivity contribution in [2.75, 3.05) is 31.5 Å². The number of likely N-dealkylation sites (tertiary alicyclic amines) is 1. The van der Waals surface area contributed by atoms with Gasteiger partial charge in [0.2, 0.25) is 0 Å². The summed E-state index contributed by atoms with van der Waals surface area (Å²) in [5.74, 6) is 0.261. The van der Waals surface area contributed by atoms with Gasteiger partial charge < -0.3 is 5.32 Å². The molecule has 0 aliphatic carbocycles. The highest BCUT2D eigenvalue weighted by Gasteiger charge is 2.32. The molecule has 0 radical (unpaired) electrons. The summed E-state index contributed by atoms with van der Waals surface area (Å²) in [4.78, 5) is 16.5. The maximum Gasteiger partial charge on any atom is 0.401 e. The highest BCUT2D eigenvalue weighted by molar-refractivity contribution is 5.96. The van der Waals surface area contributed by atoms with Gasteiger partial charge >= 0.3 is 6.18 Å². The van der Waals surface area contributed by atoms with Crippen molar-refractivity contribution in [2.24, 2.45) is 5.92 Å². The van der Waals surface area contributed by atoms with Crippen LogP contribution < -0.4 is 5.32 Å². The van der Waals surface area contributed by atoms with Crippen LogP contribution >= 0.6 is 0 Å². The number of halogens is 3. The summed E-state index contributed by atoms with van der Waals surface area (Å²) >= 11 is 0. The number of para-hydroxylation sites is 1. The van der Waals surface area contributed by atoms with E-state index in [-0.39, 0.29) is 11.6 Å². The van der Waals surface area contributed by atoms with Crippen LogP contribution in [0.3, 0.4) is 0 Å². The Morgan fingerprint density at radius 1 is 1.33 bits per heavy atom. The molecule has 6 nitrogen and oxygen atoms in total. The summed E-state index contributed by atoms with van der Waals surface area (Å²) in [6.07, 6.45) is -2.79. The van der Waals surface area contributed by atoms with Gasteiger partial charge in [-0.25, -0.2) is 4.98 Å². The molecule has 1 N–H and O–H groups in total. The lowest BCUT2D eigenvalue weighted by molar-refractivity contribution is -0.383. The SMILES string of the molecule is Cc1cc(NCC2CCN(CC(F)(F)F)CC2)c2cccc([N+](=O)[O-])c2n1. The Kier molecular flexibility index (Phi) is 5.50. The van der Waals surface area contributed by atoms with Crippen LogP contribution in [0.4, 0.5) is 24.5 Å². The maximum atomic E-state index is 12.5. The average molecular weight is 382 g/mol. The summed E-state index contributed by atoms with van der Waals surface area (Å²) in [5.41, 5.74) is 1.72. The van der Waals surface area contributed by atoms with Crippen LogP contribution in [0.5, 0.6) is 0 Å². The number of piperidine rings is 1. The fourth-order valence-electron chi connectivity index (χ4n) is 3.51. The number of hydrogen-bond donors (Lipinski definition) is 1. The molecule has 1 aromatic heterocycles. The molecule has 0 spiro atoms. The van der Waals surface area contributed by atoms with Gasteiger partial charge in [-0.15, -0.1) is 0 Å². The van der Waals surface area contributed by atoms with Crippen LogP contribution in [-0.2, 0) is 0 Å². The van der Waals surface area contributed by atoms with Crippen LogP contribution in [0.25, 0.3) is 10.9 Å². The third-order valence-corrected chi connectivity index (χ3v) is 4.83. The van der Waals surface area contributed by atoms with Gasteiger partial charge in [-0.3, -0.25) is 15.0 Å². The van der Waals surface area contributed by atoms with E-state index >= 15 is 0 Å². The normalized spacial score (nSPS) is 16.6. The molecular weight excluding hydrogens is 361 g/mol. The summed E-state index contributed by atoms with van der Waals surface area (Å²) in [6, 6.07) is 6.67. The Bertz CT molecular complexity index is 833.